The predicted molar refractivity (Wildman–Crippen MR) is 494 cm³/mol. The van der Waals surface area contributed by atoms with Crippen molar-refractivity contribution in [2.24, 2.45) is 11.8 Å². The van der Waals surface area contributed by atoms with E-state index in [1.54, 1.807) is 36.4 Å². The van der Waals surface area contributed by atoms with E-state index in [0.29, 0.717) is 135 Å². The van der Waals surface area contributed by atoms with E-state index in [4.69, 9.17) is 61.6 Å². The third kappa shape index (κ3) is 44.2. The number of carbonyl (C=O) groups excluding carboxylic acids is 7. The van der Waals surface area contributed by atoms with Gasteiger partial charge in [-0.05, 0) is 267 Å². The van der Waals surface area contributed by atoms with Gasteiger partial charge in [-0.15, -0.1) is 0 Å². The van der Waals surface area contributed by atoms with Gasteiger partial charge in [0, 0.05) is 26.4 Å². The van der Waals surface area contributed by atoms with Crippen LogP contribution in [0.25, 0.3) is 0 Å². The van der Waals surface area contributed by atoms with E-state index in [1.165, 1.54) is 114 Å². The molecule has 126 heavy (non-hydrogen) atoms. The van der Waals surface area contributed by atoms with Crippen molar-refractivity contribution >= 4 is 42.4 Å². The van der Waals surface area contributed by atoms with E-state index >= 15 is 0 Å². The minimum Gasteiger partial charge on any atom is -0.494 e. The van der Waals surface area contributed by atoms with Crippen molar-refractivity contribution in [1.82, 2.24) is 0 Å². The van der Waals surface area contributed by atoms with Gasteiger partial charge in [-0.25, -0.2) is 14.4 Å². The Bertz CT molecular complexity index is 3710. The highest BCUT2D eigenvalue weighted by Crippen LogP contribution is 2.40. The first-order chi connectivity index (χ1) is 61.9. The van der Waals surface area contributed by atoms with Gasteiger partial charge in [0.25, 0.3) is 0 Å². The second kappa shape index (κ2) is 65.4. The van der Waals surface area contributed by atoms with Crippen molar-refractivity contribution in [3.8, 4) is 34.5 Å². The molecule has 3 aliphatic rings. The molecule has 2 aliphatic carbocycles. The molecule has 0 bridgehead atoms. The topological polar surface area (TPSA) is 239 Å². The summed E-state index contributed by atoms with van der Waals surface area (Å²) < 4.78 is 75.4. The Kier molecular flexibility index (Phi) is 53.6. The number of aldehydes is 2. The highest BCUT2D eigenvalue weighted by Gasteiger charge is 2.26. The molecule has 3 unspecified atom stereocenters. The molecule has 3 fully saturated rings. The normalized spacial score (nSPS) is 16.8. The van der Waals surface area contributed by atoms with Gasteiger partial charge in [0.15, 0.2) is 6.29 Å². The van der Waals surface area contributed by atoms with Crippen molar-refractivity contribution in [1.29, 1.82) is 0 Å². The quantitative estimate of drug-likeness (QED) is 0.0116. The number of unbranched alkanes of at least 4 members (excludes halogenated alkanes) is 27. The first kappa shape index (κ1) is 103. The van der Waals surface area contributed by atoms with Crippen LogP contribution in [0, 0.1) is 11.8 Å². The number of esters is 5. The lowest BCUT2D eigenvalue weighted by molar-refractivity contribution is -0.162. The molecule has 20 heteroatoms. The smallest absolute Gasteiger partial charge is 0.343 e. The van der Waals surface area contributed by atoms with E-state index < -0.39 is 30.1 Å². The summed E-state index contributed by atoms with van der Waals surface area (Å²) in [5, 5.41) is 0. The summed E-state index contributed by atoms with van der Waals surface area (Å²) in [5.41, 5.74) is 3.97. The van der Waals surface area contributed by atoms with Crippen LogP contribution in [-0.2, 0) is 52.3 Å². The van der Waals surface area contributed by atoms with E-state index in [1.807, 2.05) is 54.6 Å². The largest absolute Gasteiger partial charge is 0.494 e. The lowest BCUT2D eigenvalue weighted by Crippen LogP contribution is -2.22. The van der Waals surface area contributed by atoms with Gasteiger partial charge in [-0.1, -0.05) is 199 Å². The van der Waals surface area contributed by atoms with E-state index in [-0.39, 0.29) is 37.7 Å². The molecule has 3 atom stereocenters. The maximum Gasteiger partial charge on any atom is 0.343 e. The fourth-order valence-electron chi connectivity index (χ4n) is 17.0. The van der Waals surface area contributed by atoms with Gasteiger partial charge in [0.1, 0.15) is 64.8 Å². The van der Waals surface area contributed by atoms with Crippen molar-refractivity contribution in [2.45, 2.75) is 359 Å². The highest BCUT2D eigenvalue weighted by atomic mass is 16.7. The number of carbonyl (C=O) groups is 7. The van der Waals surface area contributed by atoms with Gasteiger partial charge >= 0.3 is 29.8 Å². The maximum atomic E-state index is 13.6. The minimum absolute atomic E-state index is 0.0915. The summed E-state index contributed by atoms with van der Waals surface area (Å²) in [5.74, 6) is 4.40. The summed E-state index contributed by atoms with van der Waals surface area (Å²) in [4.78, 5) is 88.2. The lowest BCUT2D eigenvalue weighted by Gasteiger charge is -2.29. The Labute approximate surface area is 754 Å². The fraction of sp³-hybridized carbons (Fsp3) is 0.651. The van der Waals surface area contributed by atoms with Gasteiger partial charge in [0.05, 0.1) is 70.2 Å². The first-order valence-electron chi connectivity index (χ1n) is 49.3. The summed E-state index contributed by atoms with van der Waals surface area (Å²) in [6.07, 6.45) is 49.2. The molecule has 1 saturated heterocycles. The Morgan fingerprint density at radius 2 is 0.698 bits per heavy atom. The third-order valence-electron chi connectivity index (χ3n) is 24.8. The third-order valence-corrected chi connectivity index (χ3v) is 24.8. The second-order valence-corrected chi connectivity index (χ2v) is 35.1. The number of hydrogen-bond donors (Lipinski definition) is 0. The van der Waals surface area contributed by atoms with E-state index in [0.717, 1.165) is 217 Å². The molecule has 0 aromatic heterocycles. The Morgan fingerprint density at radius 3 is 1.10 bits per heavy atom. The van der Waals surface area contributed by atoms with Gasteiger partial charge < -0.3 is 71.2 Å². The molecule has 698 valence electrons. The standard InChI is InChI=1S/C106H154O20/c1-3-5-25-39-84-42-46-86(47-43-84)88-50-62-94(63-51-88)125-104(111)90-54-58-92(59-55-90)114-68-28-15-7-9-18-31-71-117-97(82-107)80-101(109)120-74-34-21-13-11-17-30-70-116-96-66-67-100(99(79-96)106(113)124-78-37-24-23-36-76-122-103-41-27-38-77-123-103)119-73-33-20-12-14-22-35-75-121-102(110)81-98(83-108)118-72-32-19-10-8-16-29-69-115-93-60-56-91(57-61-93)105(112)126-95-64-52-89(53-65-95)87-48-44-85(45-49-87)40-26-6-4-2/h50-67,79,82-87,97-98,103H,3-49,68-78,80-81H2,1-2H3. The Morgan fingerprint density at radius 1 is 0.341 bits per heavy atom. The van der Waals surface area contributed by atoms with Crippen LogP contribution >= 0.6 is 0 Å². The summed E-state index contributed by atoms with van der Waals surface area (Å²) in [6.45, 7) is 9.71. The summed E-state index contributed by atoms with van der Waals surface area (Å²) in [6, 6.07) is 35.7. The van der Waals surface area contributed by atoms with E-state index in [9.17, 15) is 33.6 Å². The molecule has 0 amide bonds. The number of ether oxygens (including phenoxy) is 13. The Hall–Kier alpha value is -8.17. The van der Waals surface area contributed by atoms with Crippen LogP contribution in [-0.4, -0.2) is 134 Å². The van der Waals surface area contributed by atoms with E-state index in [2.05, 4.69) is 38.1 Å². The fourth-order valence-corrected chi connectivity index (χ4v) is 17.0. The molecule has 0 N–H and O–H groups in total. The van der Waals surface area contributed by atoms with Gasteiger partial charge in [-0.2, -0.15) is 0 Å². The second-order valence-electron chi connectivity index (χ2n) is 35.1. The van der Waals surface area contributed by atoms with Crippen LogP contribution in [0.3, 0.4) is 0 Å². The average Bonchev–Trinajstić information content (AvgIpc) is 0.846. The summed E-state index contributed by atoms with van der Waals surface area (Å²) in [7, 11) is 0. The SMILES string of the molecule is CCCCCC1CCC(c2ccc(OC(=O)c3ccc(OCCCCCCCCOC(C=O)CC(=O)OCCCCCCCCOc4ccc(OCCCCCCCCOC(=O)CC(C=O)OCCCCCCCCOc5ccc(C(=O)Oc6ccc(C7CCC(CCCCC)CC7)cc6)cc5)c(C(=O)OCCCCCCOC5CCCCO5)c4)cc3)cc2)CC1. The molecular weight excluding hydrogens is 1590 g/mol. The van der Waals surface area contributed by atoms with Crippen molar-refractivity contribution in [3.63, 3.8) is 0 Å². The molecule has 5 aromatic rings. The molecule has 5 aromatic carbocycles. The molecular formula is C106H154O20. The highest BCUT2D eigenvalue weighted by molar-refractivity contribution is 5.93. The van der Waals surface area contributed by atoms with Crippen molar-refractivity contribution < 1.29 is 95.1 Å². The van der Waals surface area contributed by atoms with Gasteiger partial charge in [0.2, 0.25) is 0 Å². The summed E-state index contributed by atoms with van der Waals surface area (Å²) >= 11 is 0. The maximum absolute atomic E-state index is 13.6. The van der Waals surface area contributed by atoms with Crippen molar-refractivity contribution in [2.75, 3.05) is 72.7 Å². The number of benzene rings is 5. The Balaban J connectivity index is 0.586. The van der Waals surface area contributed by atoms with Crippen LogP contribution in [0.1, 0.15) is 383 Å². The molecule has 1 aliphatic heterocycles. The number of rotatable bonds is 71. The van der Waals surface area contributed by atoms with Crippen LogP contribution in [0.5, 0.6) is 34.5 Å². The lowest BCUT2D eigenvalue weighted by atomic mass is 9.77. The van der Waals surface area contributed by atoms with Crippen LogP contribution in [0.15, 0.2) is 115 Å². The van der Waals surface area contributed by atoms with Crippen LogP contribution in [0.2, 0.25) is 0 Å². The minimum atomic E-state index is -0.825. The molecule has 1 heterocycles. The van der Waals surface area contributed by atoms with Crippen LogP contribution in [0.4, 0.5) is 0 Å². The number of hydrogen-bond acceptors (Lipinski definition) is 20. The first-order valence-corrected chi connectivity index (χ1v) is 49.3. The van der Waals surface area contributed by atoms with Gasteiger partial charge in [-0.3, -0.25) is 9.59 Å². The average molecular weight is 1750 g/mol. The zero-order valence-electron chi connectivity index (χ0n) is 76.8. The molecule has 0 radical (unpaired) electrons. The van der Waals surface area contributed by atoms with Crippen molar-refractivity contribution in [3.05, 3.63) is 143 Å². The molecule has 0 spiro atoms. The molecule has 20 nitrogen and oxygen atoms in total. The van der Waals surface area contributed by atoms with Crippen LogP contribution < -0.4 is 28.4 Å². The predicted octanol–water partition coefficient (Wildman–Crippen LogP) is 25.4. The zero-order chi connectivity index (χ0) is 88.7. The molecule has 8 rings (SSSR count). The zero-order valence-corrected chi connectivity index (χ0v) is 76.8. The molecule has 2 saturated carbocycles. The monoisotopic (exact) mass is 1750 g/mol.